The highest BCUT2D eigenvalue weighted by Crippen LogP contribution is 2.16. The summed E-state index contributed by atoms with van der Waals surface area (Å²) in [5.41, 5.74) is 10.5. The van der Waals surface area contributed by atoms with Crippen LogP contribution in [-0.4, -0.2) is 46.9 Å². The Bertz CT molecular complexity index is 1530. The number of aromatic nitrogens is 1. The van der Waals surface area contributed by atoms with Crippen molar-refractivity contribution in [2.45, 2.75) is 45.8 Å². The molecular weight excluding hydrogens is 554 g/mol. The molecule has 1 atom stereocenters. The molecule has 0 fully saturated rings. The van der Waals surface area contributed by atoms with Crippen molar-refractivity contribution in [3.63, 3.8) is 0 Å². The smallest absolute Gasteiger partial charge is 0.324 e. The first-order valence-corrected chi connectivity index (χ1v) is 14.7. The van der Waals surface area contributed by atoms with Crippen molar-refractivity contribution in [1.82, 2.24) is 20.5 Å². The number of hydrogen-bond donors (Lipinski definition) is 3. The molecule has 0 saturated carbocycles. The third kappa shape index (κ3) is 8.99. The average molecular weight is 594 g/mol. The summed E-state index contributed by atoms with van der Waals surface area (Å²) in [4.78, 5) is 46.6. The molecule has 0 radical (unpaired) electrons. The van der Waals surface area contributed by atoms with Crippen molar-refractivity contribution in [1.29, 1.82) is 0 Å². The third-order valence-electron chi connectivity index (χ3n) is 7.23. The Kier molecular flexibility index (Phi) is 11.6. The number of urea groups is 1. The number of nitrogens with one attached hydrogen (secondary N) is 2. The summed E-state index contributed by atoms with van der Waals surface area (Å²) < 4.78 is 5.56. The van der Waals surface area contributed by atoms with E-state index in [4.69, 9.17) is 10.5 Å². The van der Waals surface area contributed by atoms with Gasteiger partial charge in [0.05, 0.1) is 6.61 Å². The van der Waals surface area contributed by atoms with Crippen LogP contribution in [0.4, 0.5) is 4.79 Å². The van der Waals surface area contributed by atoms with E-state index < -0.39 is 18.0 Å². The lowest BCUT2D eigenvalue weighted by Crippen LogP contribution is -2.54. The Morgan fingerprint density at radius 3 is 2.25 bits per heavy atom. The zero-order valence-corrected chi connectivity index (χ0v) is 25.2. The minimum atomic E-state index is -1.01. The standard InChI is InChI=1S/C35H39N5O4/c1-3-44-30-16-14-26(15-17-30)21-32(39-33(41)31-9-5-4-7-25(31)2)34(42)40(20-18-28-8-6-19-37-23-28)35(43)38-24-29-12-10-27(22-36)11-13-29/h4-17,19,23,32H,3,18,20-22,24,36H2,1-2H3,(H,38,43)(H,39,41)/t32-/m1/s1. The summed E-state index contributed by atoms with van der Waals surface area (Å²) in [7, 11) is 0. The van der Waals surface area contributed by atoms with Gasteiger partial charge in [-0.15, -0.1) is 0 Å². The van der Waals surface area contributed by atoms with Crippen LogP contribution in [0.3, 0.4) is 0 Å². The Hall–Kier alpha value is -5.02. The molecule has 4 amide bonds. The maximum atomic E-state index is 14.2. The third-order valence-corrected chi connectivity index (χ3v) is 7.23. The van der Waals surface area contributed by atoms with Crippen molar-refractivity contribution in [2.75, 3.05) is 13.2 Å². The van der Waals surface area contributed by atoms with E-state index in [-0.39, 0.29) is 25.4 Å². The number of ether oxygens (including phenoxy) is 1. The van der Waals surface area contributed by atoms with E-state index in [2.05, 4.69) is 15.6 Å². The fraction of sp³-hybridized carbons (Fsp3) is 0.257. The van der Waals surface area contributed by atoms with Crippen LogP contribution >= 0.6 is 0 Å². The zero-order valence-electron chi connectivity index (χ0n) is 25.2. The quantitative estimate of drug-likeness (QED) is 0.209. The number of carbonyl (C=O) groups excluding carboxylic acids is 3. The minimum absolute atomic E-state index is 0.0997. The van der Waals surface area contributed by atoms with Gasteiger partial charge in [0.25, 0.3) is 11.8 Å². The first kappa shape index (κ1) is 31.9. The Morgan fingerprint density at radius 1 is 0.886 bits per heavy atom. The molecule has 4 rings (SSSR count). The molecule has 0 bridgehead atoms. The number of carbonyl (C=O) groups is 3. The number of amides is 4. The normalized spacial score (nSPS) is 11.3. The summed E-state index contributed by atoms with van der Waals surface area (Å²) in [6, 6.07) is 24.3. The van der Waals surface area contributed by atoms with Crippen molar-refractivity contribution >= 4 is 17.8 Å². The highest BCUT2D eigenvalue weighted by atomic mass is 16.5. The van der Waals surface area contributed by atoms with Crippen LogP contribution in [0.1, 0.15) is 45.1 Å². The summed E-state index contributed by atoms with van der Waals surface area (Å²) >= 11 is 0. The highest BCUT2D eigenvalue weighted by Gasteiger charge is 2.31. The zero-order chi connectivity index (χ0) is 31.3. The lowest BCUT2D eigenvalue weighted by Gasteiger charge is -2.27. The molecule has 0 spiro atoms. The summed E-state index contributed by atoms with van der Waals surface area (Å²) in [5.74, 6) is -0.194. The van der Waals surface area contributed by atoms with Crippen LogP contribution in [0.15, 0.2) is 97.3 Å². The molecular formula is C35H39N5O4. The second-order valence-electron chi connectivity index (χ2n) is 10.4. The first-order chi connectivity index (χ1) is 21.4. The van der Waals surface area contributed by atoms with Crippen molar-refractivity contribution in [3.05, 3.63) is 131 Å². The van der Waals surface area contributed by atoms with Gasteiger partial charge in [-0.05, 0) is 72.4 Å². The Balaban J connectivity index is 1.60. The molecule has 4 N–H and O–H groups in total. The van der Waals surface area contributed by atoms with E-state index in [1.165, 1.54) is 4.90 Å². The molecule has 1 aromatic heterocycles. The fourth-order valence-electron chi connectivity index (χ4n) is 4.74. The predicted molar refractivity (Wildman–Crippen MR) is 170 cm³/mol. The van der Waals surface area contributed by atoms with E-state index >= 15 is 0 Å². The lowest BCUT2D eigenvalue weighted by molar-refractivity contribution is -0.130. The van der Waals surface area contributed by atoms with Crippen LogP contribution < -0.4 is 21.1 Å². The average Bonchev–Trinajstić information content (AvgIpc) is 3.05. The van der Waals surface area contributed by atoms with Gasteiger partial charge < -0.3 is 21.1 Å². The van der Waals surface area contributed by atoms with Gasteiger partial charge in [0.2, 0.25) is 0 Å². The number of nitrogens with zero attached hydrogens (tertiary/aromatic N) is 2. The molecule has 0 aliphatic heterocycles. The van der Waals surface area contributed by atoms with Crippen LogP contribution in [0.25, 0.3) is 0 Å². The van der Waals surface area contributed by atoms with E-state index in [9.17, 15) is 14.4 Å². The Morgan fingerprint density at radius 2 is 1.59 bits per heavy atom. The van der Waals surface area contributed by atoms with Gasteiger partial charge in [-0.1, -0.05) is 60.7 Å². The monoisotopic (exact) mass is 593 g/mol. The number of imide groups is 1. The SMILES string of the molecule is CCOc1ccc(C[C@@H](NC(=O)c2ccccc2C)C(=O)N(CCc2cccnc2)C(=O)NCc2ccc(CN)cc2)cc1. The minimum Gasteiger partial charge on any atom is -0.494 e. The van der Waals surface area contributed by atoms with Gasteiger partial charge in [0.1, 0.15) is 11.8 Å². The molecule has 0 saturated heterocycles. The highest BCUT2D eigenvalue weighted by molar-refractivity contribution is 6.02. The van der Waals surface area contributed by atoms with E-state index in [0.29, 0.717) is 30.9 Å². The van der Waals surface area contributed by atoms with E-state index in [0.717, 1.165) is 27.8 Å². The number of pyridine rings is 1. The number of hydrogen-bond acceptors (Lipinski definition) is 6. The molecule has 1 heterocycles. The largest absolute Gasteiger partial charge is 0.494 e. The molecule has 0 unspecified atom stereocenters. The topological polar surface area (TPSA) is 127 Å². The van der Waals surface area contributed by atoms with Gasteiger partial charge in [-0.2, -0.15) is 0 Å². The van der Waals surface area contributed by atoms with Crippen LogP contribution in [-0.2, 0) is 30.7 Å². The predicted octanol–water partition coefficient (Wildman–Crippen LogP) is 4.57. The molecule has 0 aliphatic rings. The molecule has 44 heavy (non-hydrogen) atoms. The van der Waals surface area contributed by atoms with Gasteiger partial charge in [-0.3, -0.25) is 19.5 Å². The molecule has 9 heteroatoms. The van der Waals surface area contributed by atoms with Crippen LogP contribution in [0, 0.1) is 6.92 Å². The van der Waals surface area contributed by atoms with E-state index in [1.807, 2.05) is 86.6 Å². The van der Waals surface area contributed by atoms with Gasteiger partial charge >= 0.3 is 6.03 Å². The second kappa shape index (κ2) is 16.0. The number of nitrogens with two attached hydrogens (primary N) is 1. The van der Waals surface area contributed by atoms with Gasteiger partial charge in [0.15, 0.2) is 0 Å². The maximum Gasteiger partial charge on any atom is 0.324 e. The number of aryl methyl sites for hydroxylation is 1. The van der Waals surface area contributed by atoms with Crippen molar-refractivity contribution in [2.24, 2.45) is 5.73 Å². The summed E-state index contributed by atoms with van der Waals surface area (Å²) in [6.07, 6.45) is 3.96. The Labute approximate surface area is 258 Å². The molecule has 228 valence electrons. The lowest BCUT2D eigenvalue weighted by atomic mass is 10.0. The number of rotatable bonds is 13. The van der Waals surface area contributed by atoms with Gasteiger partial charge in [-0.25, -0.2) is 4.79 Å². The molecule has 3 aromatic carbocycles. The van der Waals surface area contributed by atoms with Crippen LogP contribution in [0.2, 0.25) is 0 Å². The number of benzene rings is 3. The van der Waals surface area contributed by atoms with Gasteiger partial charge in [0, 0.05) is 44.0 Å². The van der Waals surface area contributed by atoms with E-state index in [1.54, 1.807) is 24.5 Å². The van der Waals surface area contributed by atoms with Crippen LogP contribution in [0.5, 0.6) is 5.75 Å². The molecule has 9 nitrogen and oxygen atoms in total. The molecule has 0 aliphatic carbocycles. The second-order valence-corrected chi connectivity index (χ2v) is 10.4. The molecule has 4 aromatic rings. The first-order valence-electron chi connectivity index (χ1n) is 14.7. The fourth-order valence-corrected chi connectivity index (χ4v) is 4.74. The summed E-state index contributed by atoms with van der Waals surface area (Å²) in [6.45, 7) is 5.02. The maximum absolute atomic E-state index is 14.2. The van der Waals surface area contributed by atoms with Crippen molar-refractivity contribution < 1.29 is 19.1 Å². The summed E-state index contributed by atoms with van der Waals surface area (Å²) in [5, 5.41) is 5.79. The van der Waals surface area contributed by atoms with Crippen molar-refractivity contribution in [3.8, 4) is 5.75 Å².